The molecular formula is C20H22N4O2. The third-order valence-corrected chi connectivity index (χ3v) is 5.09. The minimum absolute atomic E-state index is 0.0468. The maximum atomic E-state index is 12.8. The highest BCUT2D eigenvalue weighted by Crippen LogP contribution is 2.21. The standard InChI is InChI=1S/C20H22N4O2/c1-14-6-7-19(25)24(22-14)13-15-8-10-23(11-9-15)20(26)18-12-16-4-2-3-5-17(16)21-18/h2-7,12,15,21H,8-11,13H2,1H3. The van der Waals surface area contributed by atoms with Gasteiger partial charge in [0.15, 0.2) is 0 Å². The number of aromatic nitrogens is 3. The molecule has 134 valence electrons. The van der Waals surface area contributed by atoms with E-state index in [4.69, 9.17) is 0 Å². The number of carbonyl (C=O) groups is 1. The first-order valence-electron chi connectivity index (χ1n) is 9.02. The molecule has 1 aliphatic heterocycles. The molecule has 0 bridgehead atoms. The molecule has 1 N–H and O–H groups in total. The van der Waals surface area contributed by atoms with Gasteiger partial charge in [0.2, 0.25) is 0 Å². The number of benzene rings is 1. The Hall–Kier alpha value is -2.89. The molecule has 1 aromatic carbocycles. The Bertz CT molecular complexity index is 963. The molecular weight excluding hydrogens is 328 g/mol. The highest BCUT2D eigenvalue weighted by Gasteiger charge is 2.25. The van der Waals surface area contributed by atoms with Gasteiger partial charge in [0, 0.05) is 36.6 Å². The summed E-state index contributed by atoms with van der Waals surface area (Å²) in [6.45, 7) is 3.92. The molecule has 0 saturated carbocycles. The largest absolute Gasteiger partial charge is 0.351 e. The highest BCUT2D eigenvalue weighted by atomic mass is 16.2. The second-order valence-corrected chi connectivity index (χ2v) is 7.00. The lowest BCUT2D eigenvalue weighted by Gasteiger charge is -2.31. The summed E-state index contributed by atoms with van der Waals surface area (Å²) < 4.78 is 1.55. The van der Waals surface area contributed by atoms with Crippen molar-refractivity contribution in [2.45, 2.75) is 26.3 Å². The number of nitrogens with zero attached hydrogens (tertiary/aromatic N) is 3. The summed E-state index contributed by atoms with van der Waals surface area (Å²) in [4.78, 5) is 29.8. The van der Waals surface area contributed by atoms with Crippen LogP contribution in [0.4, 0.5) is 0 Å². The van der Waals surface area contributed by atoms with Gasteiger partial charge in [-0.25, -0.2) is 4.68 Å². The van der Waals surface area contributed by atoms with Gasteiger partial charge in [-0.05, 0) is 43.9 Å². The van der Waals surface area contributed by atoms with E-state index in [1.807, 2.05) is 42.2 Å². The van der Waals surface area contributed by atoms with Crippen LogP contribution in [0.1, 0.15) is 29.0 Å². The average molecular weight is 350 g/mol. The van der Waals surface area contributed by atoms with Gasteiger partial charge in [-0.15, -0.1) is 0 Å². The first-order valence-corrected chi connectivity index (χ1v) is 9.02. The van der Waals surface area contributed by atoms with Crippen molar-refractivity contribution in [2.24, 2.45) is 5.92 Å². The first kappa shape index (κ1) is 16.6. The molecule has 0 atom stereocenters. The molecule has 0 radical (unpaired) electrons. The molecule has 1 saturated heterocycles. The molecule has 1 aliphatic rings. The summed E-state index contributed by atoms with van der Waals surface area (Å²) in [5.41, 5.74) is 2.40. The zero-order valence-electron chi connectivity index (χ0n) is 14.8. The maximum Gasteiger partial charge on any atom is 0.270 e. The average Bonchev–Trinajstić information content (AvgIpc) is 3.09. The molecule has 26 heavy (non-hydrogen) atoms. The minimum atomic E-state index is -0.0628. The van der Waals surface area contributed by atoms with Crippen molar-refractivity contribution < 1.29 is 4.79 Å². The summed E-state index contributed by atoms with van der Waals surface area (Å²) >= 11 is 0. The predicted octanol–water partition coefficient (Wildman–Crippen LogP) is 2.59. The van der Waals surface area contributed by atoms with Crippen LogP contribution in [0.5, 0.6) is 0 Å². The Morgan fingerprint density at radius 2 is 1.96 bits per heavy atom. The quantitative estimate of drug-likeness (QED) is 0.789. The van der Waals surface area contributed by atoms with Crippen molar-refractivity contribution in [1.29, 1.82) is 0 Å². The number of nitrogens with one attached hydrogen (secondary N) is 1. The lowest BCUT2D eigenvalue weighted by Crippen LogP contribution is -2.40. The van der Waals surface area contributed by atoms with Gasteiger partial charge >= 0.3 is 0 Å². The van der Waals surface area contributed by atoms with Gasteiger partial charge < -0.3 is 9.88 Å². The van der Waals surface area contributed by atoms with E-state index in [9.17, 15) is 9.59 Å². The van der Waals surface area contributed by atoms with Crippen LogP contribution in [0.2, 0.25) is 0 Å². The highest BCUT2D eigenvalue weighted by molar-refractivity contribution is 5.98. The number of hydrogen-bond acceptors (Lipinski definition) is 3. The van der Waals surface area contributed by atoms with E-state index in [-0.39, 0.29) is 11.5 Å². The lowest BCUT2D eigenvalue weighted by molar-refractivity contribution is 0.0675. The number of piperidine rings is 1. The van der Waals surface area contributed by atoms with Gasteiger partial charge in [-0.2, -0.15) is 5.10 Å². The first-order chi connectivity index (χ1) is 12.6. The smallest absolute Gasteiger partial charge is 0.270 e. The van der Waals surface area contributed by atoms with Crippen LogP contribution in [0.25, 0.3) is 10.9 Å². The molecule has 3 heterocycles. The fraction of sp³-hybridized carbons (Fsp3) is 0.350. The maximum absolute atomic E-state index is 12.8. The lowest BCUT2D eigenvalue weighted by atomic mass is 9.96. The fourth-order valence-electron chi connectivity index (χ4n) is 3.60. The number of H-pyrrole nitrogens is 1. The molecule has 1 amide bonds. The number of hydrogen-bond donors (Lipinski definition) is 1. The second-order valence-electron chi connectivity index (χ2n) is 7.00. The molecule has 0 aliphatic carbocycles. The van der Waals surface area contributed by atoms with E-state index >= 15 is 0 Å². The molecule has 0 spiro atoms. The molecule has 3 aromatic rings. The third-order valence-electron chi connectivity index (χ3n) is 5.09. The summed E-state index contributed by atoms with van der Waals surface area (Å²) in [5.74, 6) is 0.416. The normalized spacial score (nSPS) is 15.5. The molecule has 1 fully saturated rings. The van der Waals surface area contributed by atoms with E-state index in [2.05, 4.69) is 10.1 Å². The number of rotatable bonds is 3. The van der Waals surface area contributed by atoms with Crippen LogP contribution in [0.3, 0.4) is 0 Å². The van der Waals surface area contributed by atoms with Crippen LogP contribution in [-0.2, 0) is 6.54 Å². The molecule has 0 unspecified atom stereocenters. The molecule has 6 heteroatoms. The fourth-order valence-corrected chi connectivity index (χ4v) is 3.60. The predicted molar refractivity (Wildman–Crippen MR) is 100 cm³/mol. The summed E-state index contributed by atoms with van der Waals surface area (Å²) in [6, 6.07) is 13.1. The monoisotopic (exact) mass is 350 g/mol. The summed E-state index contributed by atoms with van der Waals surface area (Å²) in [5, 5.41) is 5.36. The van der Waals surface area contributed by atoms with Crippen molar-refractivity contribution in [3.63, 3.8) is 0 Å². The van der Waals surface area contributed by atoms with Crippen LogP contribution in [0.15, 0.2) is 47.3 Å². The molecule has 2 aromatic heterocycles. The van der Waals surface area contributed by atoms with Crippen molar-refractivity contribution in [2.75, 3.05) is 13.1 Å². The van der Waals surface area contributed by atoms with Gasteiger partial charge in [-0.1, -0.05) is 18.2 Å². The topological polar surface area (TPSA) is 71.0 Å². The Morgan fingerprint density at radius 3 is 2.73 bits per heavy atom. The summed E-state index contributed by atoms with van der Waals surface area (Å²) in [6.07, 6.45) is 1.77. The van der Waals surface area contributed by atoms with E-state index < -0.39 is 0 Å². The number of amides is 1. The van der Waals surface area contributed by atoms with Crippen molar-refractivity contribution in [1.82, 2.24) is 19.7 Å². The van der Waals surface area contributed by atoms with Crippen molar-refractivity contribution in [3.8, 4) is 0 Å². The Kier molecular flexibility index (Phi) is 4.32. The number of aromatic amines is 1. The van der Waals surface area contributed by atoms with Gasteiger partial charge in [0.1, 0.15) is 5.69 Å². The summed E-state index contributed by atoms with van der Waals surface area (Å²) in [7, 11) is 0. The second kappa shape index (κ2) is 6.78. The van der Waals surface area contributed by atoms with Crippen LogP contribution < -0.4 is 5.56 Å². The number of carbonyl (C=O) groups excluding carboxylic acids is 1. The minimum Gasteiger partial charge on any atom is -0.351 e. The Morgan fingerprint density at radius 1 is 1.19 bits per heavy atom. The van der Waals surface area contributed by atoms with Crippen molar-refractivity contribution in [3.05, 3.63) is 64.2 Å². The Balaban J connectivity index is 1.40. The SMILES string of the molecule is Cc1ccc(=O)n(CC2CCN(C(=O)c3cc4ccccc4[nH]3)CC2)n1. The number of likely N-dealkylation sites (tertiary alicyclic amines) is 1. The van der Waals surface area contributed by atoms with E-state index in [0.717, 1.165) is 29.4 Å². The van der Waals surface area contributed by atoms with Crippen LogP contribution >= 0.6 is 0 Å². The molecule has 4 rings (SSSR count). The number of fused-ring (bicyclic) bond motifs is 1. The van der Waals surface area contributed by atoms with Gasteiger partial charge in [0.25, 0.3) is 11.5 Å². The van der Waals surface area contributed by atoms with E-state index in [1.54, 1.807) is 16.8 Å². The van der Waals surface area contributed by atoms with Crippen LogP contribution in [-0.4, -0.2) is 38.7 Å². The van der Waals surface area contributed by atoms with E-state index in [1.165, 1.54) is 0 Å². The zero-order valence-corrected chi connectivity index (χ0v) is 14.8. The zero-order chi connectivity index (χ0) is 18.1. The van der Waals surface area contributed by atoms with Crippen LogP contribution in [0, 0.1) is 12.8 Å². The number of para-hydroxylation sites is 1. The van der Waals surface area contributed by atoms with E-state index in [0.29, 0.717) is 31.2 Å². The third kappa shape index (κ3) is 3.27. The van der Waals surface area contributed by atoms with Crippen molar-refractivity contribution >= 4 is 16.8 Å². The van der Waals surface area contributed by atoms with Gasteiger partial charge in [0.05, 0.1) is 5.69 Å². The number of aryl methyl sites for hydroxylation is 1. The van der Waals surface area contributed by atoms with Gasteiger partial charge in [-0.3, -0.25) is 9.59 Å². The Labute approximate surface area is 151 Å². The molecule has 6 nitrogen and oxygen atoms in total.